The molecule has 0 aliphatic heterocycles. The Morgan fingerprint density at radius 1 is 1.18 bits per heavy atom. The Kier molecular flexibility index (Phi) is 6.41. The molecule has 0 aliphatic rings. The fourth-order valence-corrected chi connectivity index (χ4v) is 3.74. The number of thiophene rings is 1. The van der Waals surface area contributed by atoms with Crippen molar-refractivity contribution >= 4 is 17.2 Å². The van der Waals surface area contributed by atoms with Crippen LogP contribution in [0.1, 0.15) is 44.4 Å². The predicted octanol–water partition coefficient (Wildman–Crippen LogP) is 2.96. The van der Waals surface area contributed by atoms with Gasteiger partial charge in [-0.1, -0.05) is 51.5 Å². The molecule has 1 atom stereocenters. The van der Waals surface area contributed by atoms with Gasteiger partial charge in [-0.3, -0.25) is 4.79 Å². The van der Waals surface area contributed by atoms with Crippen molar-refractivity contribution in [3.8, 4) is 5.00 Å². The highest BCUT2D eigenvalue weighted by molar-refractivity contribution is 7.12. The lowest BCUT2D eigenvalue weighted by Crippen LogP contribution is -2.37. The quantitative estimate of drug-likeness (QED) is 0.631. The van der Waals surface area contributed by atoms with Gasteiger partial charge in [0.15, 0.2) is 0 Å². The van der Waals surface area contributed by atoms with E-state index < -0.39 is 5.69 Å². The van der Waals surface area contributed by atoms with Crippen LogP contribution >= 0.6 is 11.3 Å². The zero-order valence-electron chi connectivity index (χ0n) is 16.3. The minimum absolute atomic E-state index is 0.133. The van der Waals surface area contributed by atoms with Crippen LogP contribution in [0.15, 0.2) is 46.6 Å². The van der Waals surface area contributed by atoms with E-state index in [1.165, 1.54) is 21.6 Å². The Bertz CT molecular complexity index is 957. The zero-order valence-corrected chi connectivity index (χ0v) is 17.1. The summed E-state index contributed by atoms with van der Waals surface area (Å²) in [6.45, 7) is 6.11. The topological polar surface area (TPSA) is 81.8 Å². The largest absolute Gasteiger partial charge is 0.369 e. The molecule has 3 aromatic rings. The molecule has 0 radical (unpaired) electrons. The van der Waals surface area contributed by atoms with Gasteiger partial charge in [-0.15, -0.1) is 11.3 Å². The average molecular weight is 400 g/mol. The minimum atomic E-state index is -0.428. The van der Waals surface area contributed by atoms with Gasteiger partial charge in [0.25, 0.3) is 0 Å². The van der Waals surface area contributed by atoms with Crippen LogP contribution in [-0.4, -0.2) is 25.7 Å². The molecule has 1 amide bonds. The molecule has 28 heavy (non-hydrogen) atoms. The molecule has 148 valence electrons. The molecule has 0 aliphatic carbocycles. The summed E-state index contributed by atoms with van der Waals surface area (Å²) >= 11 is 1.39. The second-order valence-corrected chi connectivity index (χ2v) is 7.99. The predicted molar refractivity (Wildman–Crippen MR) is 110 cm³/mol. The van der Waals surface area contributed by atoms with Crippen molar-refractivity contribution < 1.29 is 4.79 Å². The third-order valence-electron chi connectivity index (χ3n) is 4.51. The summed E-state index contributed by atoms with van der Waals surface area (Å²) in [6, 6.07) is 11.8. The first-order valence-corrected chi connectivity index (χ1v) is 10.3. The number of aromatic nitrogens is 4. The van der Waals surface area contributed by atoms with Crippen LogP contribution in [0.4, 0.5) is 0 Å². The summed E-state index contributed by atoms with van der Waals surface area (Å²) in [6.07, 6.45) is 2.15. The van der Waals surface area contributed by atoms with Crippen LogP contribution in [0, 0.1) is 5.92 Å². The zero-order chi connectivity index (χ0) is 20.1. The molecule has 2 heterocycles. The van der Waals surface area contributed by atoms with Gasteiger partial charge in [0.1, 0.15) is 11.5 Å². The Morgan fingerprint density at radius 2 is 1.93 bits per heavy atom. The molecule has 1 aromatic carbocycles. The number of nitrogens with one attached hydrogen (secondary N) is 1. The van der Waals surface area contributed by atoms with E-state index in [4.69, 9.17) is 0 Å². The first-order valence-electron chi connectivity index (χ1n) is 9.44. The molecule has 0 saturated carbocycles. The number of carbonyl (C=O) groups is 1. The van der Waals surface area contributed by atoms with Crippen molar-refractivity contribution in [2.75, 3.05) is 0 Å². The van der Waals surface area contributed by atoms with Crippen molar-refractivity contribution in [1.29, 1.82) is 0 Å². The molecule has 0 spiro atoms. The van der Waals surface area contributed by atoms with E-state index in [2.05, 4.69) is 60.8 Å². The summed E-state index contributed by atoms with van der Waals surface area (Å²) < 4.78 is 2.28. The Balaban J connectivity index is 1.70. The van der Waals surface area contributed by atoms with E-state index in [1.54, 1.807) is 6.07 Å². The van der Waals surface area contributed by atoms with Crippen molar-refractivity contribution in [3.05, 3.63) is 63.4 Å². The Hall–Kier alpha value is -2.74. The highest BCUT2D eigenvalue weighted by atomic mass is 32.1. The lowest BCUT2D eigenvalue weighted by Gasteiger charge is -2.23. The van der Waals surface area contributed by atoms with Crippen LogP contribution < -0.4 is 11.0 Å². The normalized spacial score (nSPS) is 12.3. The molecule has 2 aromatic heterocycles. The summed E-state index contributed by atoms with van der Waals surface area (Å²) in [5, 5.41) is 13.2. The van der Waals surface area contributed by atoms with Gasteiger partial charge in [0.2, 0.25) is 5.91 Å². The molecular formula is C20H25N5O2S. The van der Waals surface area contributed by atoms with E-state index in [9.17, 15) is 9.59 Å². The maximum atomic E-state index is 12.6. The van der Waals surface area contributed by atoms with Crippen LogP contribution in [0.2, 0.25) is 0 Å². The first kappa shape index (κ1) is 20.0. The van der Waals surface area contributed by atoms with Gasteiger partial charge in [0.05, 0.1) is 6.04 Å². The number of aryl methyl sites for hydroxylation is 1. The lowest BCUT2D eigenvalue weighted by molar-refractivity contribution is -0.123. The van der Waals surface area contributed by atoms with Gasteiger partial charge in [-0.25, -0.2) is 4.79 Å². The summed E-state index contributed by atoms with van der Waals surface area (Å²) in [5.41, 5.74) is 1.91. The summed E-state index contributed by atoms with van der Waals surface area (Å²) in [4.78, 5) is 25.0. The Morgan fingerprint density at radius 3 is 2.54 bits per heavy atom. The highest BCUT2D eigenvalue weighted by Crippen LogP contribution is 2.22. The van der Waals surface area contributed by atoms with E-state index in [0.29, 0.717) is 5.00 Å². The third kappa shape index (κ3) is 4.56. The van der Waals surface area contributed by atoms with E-state index in [-0.39, 0.29) is 24.4 Å². The van der Waals surface area contributed by atoms with Crippen molar-refractivity contribution in [2.45, 2.75) is 46.2 Å². The van der Waals surface area contributed by atoms with Crippen LogP contribution in [0.3, 0.4) is 0 Å². The number of nitrogens with zero attached hydrogens (tertiary/aromatic N) is 4. The molecular weight excluding hydrogens is 374 g/mol. The molecule has 0 bridgehead atoms. The van der Waals surface area contributed by atoms with E-state index >= 15 is 0 Å². The number of rotatable bonds is 8. The van der Waals surface area contributed by atoms with E-state index in [0.717, 1.165) is 23.1 Å². The maximum Gasteiger partial charge on any atom is 0.369 e. The van der Waals surface area contributed by atoms with Gasteiger partial charge in [0, 0.05) is 0 Å². The molecule has 7 nitrogen and oxygen atoms in total. The maximum absolute atomic E-state index is 12.6. The average Bonchev–Trinajstić information content (AvgIpc) is 3.31. The fraction of sp³-hybridized carbons (Fsp3) is 0.400. The van der Waals surface area contributed by atoms with Crippen LogP contribution in [-0.2, 0) is 17.8 Å². The monoisotopic (exact) mass is 399 g/mol. The van der Waals surface area contributed by atoms with Crippen molar-refractivity contribution in [3.63, 3.8) is 0 Å². The summed E-state index contributed by atoms with van der Waals surface area (Å²) in [5.74, 6) is -0.0591. The number of carbonyl (C=O) groups excluding carboxylic acids is 1. The first-order chi connectivity index (χ1) is 13.5. The van der Waals surface area contributed by atoms with E-state index in [1.807, 2.05) is 11.4 Å². The highest BCUT2D eigenvalue weighted by Gasteiger charge is 2.20. The number of hydrogen-bond acceptors (Lipinski definition) is 5. The molecule has 0 fully saturated rings. The molecule has 8 heteroatoms. The van der Waals surface area contributed by atoms with Gasteiger partial charge < -0.3 is 5.32 Å². The third-order valence-corrected chi connectivity index (χ3v) is 5.35. The van der Waals surface area contributed by atoms with Crippen molar-refractivity contribution in [2.24, 2.45) is 5.92 Å². The smallest absolute Gasteiger partial charge is 0.347 e. The Labute approximate surface area is 168 Å². The molecule has 3 rings (SSSR count). The standard InChI is InChI=1S/C20H25N5O2S/c1-4-6-15-8-10-16(11-9-15)19(14(2)3)21-17(26)13-24-20(27)25(23-22-24)18-7-5-12-28-18/h5,7-12,14,19H,4,6,13H2,1-3H3,(H,21,26). The number of amides is 1. The second kappa shape index (κ2) is 8.97. The van der Waals surface area contributed by atoms with Gasteiger partial charge in [-0.05, 0) is 51.4 Å². The molecule has 0 saturated heterocycles. The number of hydrogen-bond donors (Lipinski definition) is 1. The number of benzene rings is 1. The number of tetrazole rings is 1. The van der Waals surface area contributed by atoms with Gasteiger partial charge in [-0.2, -0.15) is 9.36 Å². The van der Waals surface area contributed by atoms with Crippen LogP contribution in [0.25, 0.3) is 5.00 Å². The second-order valence-electron chi connectivity index (χ2n) is 7.06. The summed E-state index contributed by atoms with van der Waals surface area (Å²) in [7, 11) is 0. The van der Waals surface area contributed by atoms with Crippen molar-refractivity contribution in [1.82, 2.24) is 25.1 Å². The fourth-order valence-electron chi connectivity index (χ4n) is 3.07. The van der Waals surface area contributed by atoms with Crippen LogP contribution in [0.5, 0.6) is 0 Å². The molecule has 1 unspecified atom stereocenters. The SMILES string of the molecule is CCCc1ccc(C(NC(=O)Cn2nnn(-c3cccs3)c2=O)C(C)C)cc1. The minimum Gasteiger partial charge on any atom is -0.347 e. The van der Waals surface area contributed by atoms with Gasteiger partial charge >= 0.3 is 5.69 Å². The lowest BCUT2D eigenvalue weighted by atomic mass is 9.94. The molecule has 1 N–H and O–H groups in total.